The minimum absolute atomic E-state index is 0.107. The number of aliphatic hydroxyl groups is 1. The third-order valence-corrected chi connectivity index (χ3v) is 8.33. The minimum Gasteiger partial charge on any atom is -0.460 e. The Hall–Kier alpha value is -2.72. The van der Waals surface area contributed by atoms with Crippen LogP contribution in [0.5, 0.6) is 0 Å². The Morgan fingerprint density at radius 2 is 1.93 bits per heavy atom. The molecule has 10 heteroatoms. The summed E-state index contributed by atoms with van der Waals surface area (Å²) in [5.74, 6) is -2.70. The second kappa shape index (κ2) is 14.3. The maximum absolute atomic E-state index is 14.1. The Morgan fingerprint density at radius 3 is 2.58 bits per heavy atom. The van der Waals surface area contributed by atoms with Crippen LogP contribution in [0.25, 0.3) is 0 Å². The molecule has 6 atom stereocenters. The molecule has 3 rings (SSSR count). The van der Waals surface area contributed by atoms with Gasteiger partial charge in [-0.1, -0.05) is 25.0 Å². The molecule has 0 aromatic heterocycles. The second-order valence-corrected chi connectivity index (χ2v) is 11.5. The average Bonchev–Trinajstić information content (AvgIpc) is 3.56. The summed E-state index contributed by atoms with van der Waals surface area (Å²) in [7, 11) is 0. The van der Waals surface area contributed by atoms with Crippen LogP contribution in [-0.4, -0.2) is 94.7 Å². The van der Waals surface area contributed by atoms with Crippen molar-refractivity contribution in [2.75, 3.05) is 26.2 Å². The van der Waals surface area contributed by atoms with E-state index in [1.54, 1.807) is 28.9 Å². The van der Waals surface area contributed by atoms with Crippen LogP contribution in [0.4, 0.5) is 0 Å². The summed E-state index contributed by atoms with van der Waals surface area (Å²) < 4.78 is 12.2. The van der Waals surface area contributed by atoms with Crippen molar-refractivity contribution >= 4 is 23.7 Å². The molecule has 3 aliphatic heterocycles. The van der Waals surface area contributed by atoms with Gasteiger partial charge in [0.15, 0.2) is 0 Å². The van der Waals surface area contributed by atoms with Crippen molar-refractivity contribution in [3.8, 4) is 0 Å². The van der Waals surface area contributed by atoms with Crippen molar-refractivity contribution < 1.29 is 33.8 Å². The number of allylic oxidation sites excluding steroid dienone is 1. The topological polar surface area (TPSA) is 125 Å². The van der Waals surface area contributed by atoms with Gasteiger partial charge >= 0.3 is 5.97 Å². The molecule has 3 fully saturated rings. The van der Waals surface area contributed by atoms with Crippen LogP contribution in [0.1, 0.15) is 72.1 Å². The number of aliphatic hydroxyl groups excluding tert-OH is 1. The highest BCUT2D eigenvalue weighted by Crippen LogP contribution is 2.59. The molecule has 3 aliphatic rings. The number of nitrogens with zero attached hydrogens (tertiary/aromatic N) is 2. The van der Waals surface area contributed by atoms with Crippen molar-refractivity contribution in [2.45, 2.75) is 102 Å². The summed E-state index contributed by atoms with van der Waals surface area (Å²) >= 11 is 0. The lowest BCUT2D eigenvalue weighted by molar-refractivity contribution is -0.159. The van der Waals surface area contributed by atoms with Gasteiger partial charge in [0.2, 0.25) is 17.7 Å². The predicted octanol–water partition coefficient (Wildman–Crippen LogP) is 2.35. The van der Waals surface area contributed by atoms with Gasteiger partial charge < -0.3 is 29.7 Å². The summed E-state index contributed by atoms with van der Waals surface area (Å²) in [6, 6.07) is -0.932. The Kier molecular flexibility index (Phi) is 11.3. The number of likely N-dealkylation sites (tertiary alicyclic amines) is 1. The molecule has 1 spiro atoms. The van der Waals surface area contributed by atoms with E-state index >= 15 is 0 Å². The third kappa shape index (κ3) is 6.60. The van der Waals surface area contributed by atoms with E-state index in [2.05, 4.69) is 18.5 Å². The van der Waals surface area contributed by atoms with E-state index in [0.717, 1.165) is 12.8 Å². The summed E-state index contributed by atoms with van der Waals surface area (Å²) in [5.41, 5.74) is -1.08. The highest BCUT2D eigenvalue weighted by molar-refractivity contribution is 5.98. The molecule has 10 nitrogen and oxygen atoms in total. The van der Waals surface area contributed by atoms with Crippen LogP contribution in [0.15, 0.2) is 25.3 Å². The van der Waals surface area contributed by atoms with E-state index in [1.165, 1.54) is 0 Å². The molecular weight excluding hydrogens is 514 g/mol. The van der Waals surface area contributed by atoms with Crippen molar-refractivity contribution in [1.82, 2.24) is 15.1 Å². The van der Waals surface area contributed by atoms with Crippen molar-refractivity contribution in [2.24, 2.45) is 11.8 Å². The fourth-order valence-electron chi connectivity index (χ4n) is 6.44. The number of esters is 1. The number of unbranched alkanes of at least 4 members (excludes halogenated alkanes) is 3. The van der Waals surface area contributed by atoms with Crippen LogP contribution in [-0.2, 0) is 28.7 Å². The van der Waals surface area contributed by atoms with Crippen molar-refractivity contribution in [3.63, 3.8) is 0 Å². The lowest BCUT2D eigenvalue weighted by Crippen LogP contribution is -2.57. The zero-order valence-electron chi connectivity index (χ0n) is 24.3. The van der Waals surface area contributed by atoms with Gasteiger partial charge in [0.1, 0.15) is 17.7 Å². The summed E-state index contributed by atoms with van der Waals surface area (Å²) in [6.07, 6.45) is 7.23. The first-order valence-corrected chi connectivity index (χ1v) is 14.7. The first-order valence-electron chi connectivity index (χ1n) is 14.7. The molecule has 3 saturated heterocycles. The molecule has 0 unspecified atom stereocenters. The number of carbonyl (C=O) groups excluding carboxylic acids is 4. The fourth-order valence-corrected chi connectivity index (χ4v) is 6.44. The summed E-state index contributed by atoms with van der Waals surface area (Å²) in [4.78, 5) is 56.9. The van der Waals surface area contributed by atoms with E-state index in [0.29, 0.717) is 51.6 Å². The average molecular weight is 562 g/mol. The monoisotopic (exact) mass is 561 g/mol. The highest BCUT2D eigenvalue weighted by atomic mass is 16.6. The fraction of sp³-hybridized carbons (Fsp3) is 0.733. The van der Waals surface area contributed by atoms with E-state index in [4.69, 9.17) is 14.6 Å². The molecular formula is C30H47N3O7. The van der Waals surface area contributed by atoms with Crippen LogP contribution in [0.2, 0.25) is 0 Å². The zero-order valence-corrected chi connectivity index (χ0v) is 24.3. The normalized spacial score (nSPS) is 27.4. The lowest BCUT2D eigenvalue weighted by atomic mass is 9.70. The van der Waals surface area contributed by atoms with Gasteiger partial charge in [-0.3, -0.25) is 19.2 Å². The number of rotatable bonds is 17. The maximum atomic E-state index is 14.1. The van der Waals surface area contributed by atoms with Crippen LogP contribution < -0.4 is 5.32 Å². The maximum Gasteiger partial charge on any atom is 0.312 e. The Balaban J connectivity index is 1.81. The minimum atomic E-state index is -1.08. The zero-order chi connectivity index (χ0) is 29.4. The first kappa shape index (κ1) is 31.8. The molecule has 0 radical (unpaired) electrons. The van der Waals surface area contributed by atoms with Gasteiger partial charge in [-0.25, -0.2) is 0 Å². The second-order valence-electron chi connectivity index (χ2n) is 11.5. The number of nitrogens with one attached hydrogen (secondary N) is 1. The van der Waals surface area contributed by atoms with E-state index in [-0.39, 0.29) is 36.9 Å². The SMILES string of the molecule is C=CCCC(=O)NC[C@@H](C)OC(=O)[C@@H]1[C@H]2C(=O)N(CCCCCCO)[C@H](C(=O)N(CC=C)C(C)C)[C@]23CC[C@H]1O3. The number of amides is 3. The summed E-state index contributed by atoms with van der Waals surface area (Å²) in [6.45, 7) is 14.0. The van der Waals surface area contributed by atoms with Gasteiger partial charge in [0.05, 0.1) is 24.5 Å². The van der Waals surface area contributed by atoms with E-state index in [1.807, 2.05) is 13.8 Å². The van der Waals surface area contributed by atoms with Crippen LogP contribution in [0.3, 0.4) is 0 Å². The Labute approximate surface area is 238 Å². The van der Waals surface area contributed by atoms with Gasteiger partial charge in [-0.2, -0.15) is 0 Å². The Morgan fingerprint density at radius 1 is 1.20 bits per heavy atom. The smallest absolute Gasteiger partial charge is 0.312 e. The molecule has 3 heterocycles. The number of hydrogen-bond acceptors (Lipinski definition) is 7. The number of carbonyl (C=O) groups is 4. The van der Waals surface area contributed by atoms with E-state index in [9.17, 15) is 19.2 Å². The molecule has 40 heavy (non-hydrogen) atoms. The van der Waals surface area contributed by atoms with Crippen LogP contribution >= 0.6 is 0 Å². The predicted molar refractivity (Wildman–Crippen MR) is 150 cm³/mol. The van der Waals surface area contributed by atoms with E-state index < -0.39 is 41.7 Å². The molecule has 2 bridgehead atoms. The third-order valence-electron chi connectivity index (χ3n) is 8.33. The van der Waals surface area contributed by atoms with Crippen LogP contribution in [0, 0.1) is 11.8 Å². The molecule has 2 N–H and O–H groups in total. The van der Waals surface area contributed by atoms with Crippen molar-refractivity contribution in [1.29, 1.82) is 0 Å². The highest BCUT2D eigenvalue weighted by Gasteiger charge is 2.75. The van der Waals surface area contributed by atoms with Gasteiger partial charge in [0, 0.05) is 32.2 Å². The first-order chi connectivity index (χ1) is 19.1. The quantitative estimate of drug-likeness (QED) is 0.159. The van der Waals surface area contributed by atoms with Gasteiger partial charge in [-0.15, -0.1) is 13.2 Å². The standard InChI is InChI=1S/C30H47N3O7/c1-6-8-13-23(35)31-19-21(5)39-29(38)24-22-14-15-30(40-22)25(24)27(36)33(17-11-9-10-12-18-34)26(30)28(37)32(16-7-2)20(3)4/h6-7,20-22,24-26,34H,1-2,8-19H2,3-5H3,(H,31,35)/t21-,22-,24+,25+,26-,30+/m1/s1. The number of ether oxygens (including phenoxy) is 2. The van der Waals surface area contributed by atoms with Gasteiger partial charge in [0.25, 0.3) is 0 Å². The molecule has 0 saturated carbocycles. The number of hydrogen-bond donors (Lipinski definition) is 2. The largest absolute Gasteiger partial charge is 0.460 e. The lowest BCUT2D eigenvalue weighted by Gasteiger charge is -2.38. The molecule has 3 amide bonds. The van der Waals surface area contributed by atoms with Crippen molar-refractivity contribution in [3.05, 3.63) is 25.3 Å². The Bertz CT molecular complexity index is 954. The molecule has 0 aliphatic carbocycles. The molecule has 224 valence electrons. The molecule has 0 aromatic rings. The summed E-state index contributed by atoms with van der Waals surface area (Å²) in [5, 5.41) is 11.9. The van der Waals surface area contributed by atoms with Gasteiger partial charge in [-0.05, 0) is 52.9 Å². The molecule has 0 aromatic carbocycles. The number of fused-ring (bicyclic) bond motifs is 1.